The van der Waals surface area contributed by atoms with E-state index in [0.717, 1.165) is 0 Å². The summed E-state index contributed by atoms with van der Waals surface area (Å²) in [7, 11) is 3.16. The molecule has 1 rings (SSSR count). The Morgan fingerprint density at radius 3 is 2.58 bits per heavy atom. The highest BCUT2D eigenvalue weighted by molar-refractivity contribution is 5.84. The first kappa shape index (κ1) is 15.2. The van der Waals surface area contributed by atoms with Crippen LogP contribution < -0.4 is 10.6 Å². The number of carbonyl (C=O) groups is 3. The lowest BCUT2D eigenvalue weighted by Crippen LogP contribution is -2.53. The first-order valence-corrected chi connectivity index (χ1v) is 5.83. The number of nitrogens with one attached hydrogen (secondary N) is 2. The molecule has 2 atom stereocenters. The van der Waals surface area contributed by atoms with E-state index < -0.39 is 23.5 Å². The molecule has 1 aliphatic rings. The summed E-state index contributed by atoms with van der Waals surface area (Å²) >= 11 is 0. The van der Waals surface area contributed by atoms with Crippen molar-refractivity contribution in [2.24, 2.45) is 5.41 Å². The maximum absolute atomic E-state index is 11.6. The van der Waals surface area contributed by atoms with Crippen molar-refractivity contribution < 1.29 is 24.2 Å². The summed E-state index contributed by atoms with van der Waals surface area (Å²) in [5.74, 6) is -1.28. The van der Waals surface area contributed by atoms with Crippen LogP contribution in [0.3, 0.4) is 0 Å². The molecular formula is C11H19N3O5. The quantitative estimate of drug-likeness (QED) is 0.600. The van der Waals surface area contributed by atoms with Crippen molar-refractivity contribution >= 4 is 17.9 Å². The highest BCUT2D eigenvalue weighted by Crippen LogP contribution is 2.28. The van der Waals surface area contributed by atoms with E-state index in [1.807, 2.05) is 0 Å². The highest BCUT2D eigenvalue weighted by atomic mass is 16.5. The second-order valence-corrected chi connectivity index (χ2v) is 4.91. The molecule has 0 aliphatic carbocycles. The molecule has 3 amide bonds. The average molecular weight is 273 g/mol. The Bertz CT molecular complexity index is 385. The number of carboxylic acid groups (broad SMARTS) is 1. The molecule has 19 heavy (non-hydrogen) atoms. The summed E-state index contributed by atoms with van der Waals surface area (Å²) in [5.41, 5.74) is -1.15. The number of ether oxygens (including phenoxy) is 1. The number of aliphatic carboxylic acids is 1. The zero-order valence-corrected chi connectivity index (χ0v) is 11.2. The Labute approximate surface area is 111 Å². The second-order valence-electron chi connectivity index (χ2n) is 4.91. The molecule has 0 aromatic heterocycles. The van der Waals surface area contributed by atoms with Crippen LogP contribution in [0.2, 0.25) is 0 Å². The maximum Gasteiger partial charge on any atom is 0.315 e. The monoisotopic (exact) mass is 273 g/mol. The molecule has 1 aliphatic heterocycles. The smallest absolute Gasteiger partial charge is 0.315 e. The normalized spacial score (nSPS) is 25.7. The van der Waals surface area contributed by atoms with E-state index in [2.05, 4.69) is 10.6 Å². The minimum atomic E-state index is -1.15. The van der Waals surface area contributed by atoms with Gasteiger partial charge < -0.3 is 25.4 Å². The lowest BCUT2D eigenvalue weighted by atomic mass is 9.85. The molecule has 0 spiro atoms. The van der Waals surface area contributed by atoms with Crippen LogP contribution in [0.25, 0.3) is 0 Å². The van der Waals surface area contributed by atoms with Gasteiger partial charge in [-0.25, -0.2) is 4.79 Å². The third-order valence-electron chi connectivity index (χ3n) is 3.15. The van der Waals surface area contributed by atoms with Crippen LogP contribution in [0.15, 0.2) is 0 Å². The van der Waals surface area contributed by atoms with E-state index in [1.165, 1.54) is 11.8 Å². The third-order valence-corrected chi connectivity index (χ3v) is 3.15. The van der Waals surface area contributed by atoms with Crippen molar-refractivity contribution in [2.45, 2.75) is 13.0 Å². The molecule has 0 aromatic carbocycles. The summed E-state index contributed by atoms with van der Waals surface area (Å²) < 4.78 is 5.10. The summed E-state index contributed by atoms with van der Waals surface area (Å²) in [4.78, 5) is 35.4. The molecule has 108 valence electrons. The number of amides is 3. The van der Waals surface area contributed by atoms with E-state index in [0.29, 0.717) is 0 Å². The molecule has 1 fully saturated rings. The van der Waals surface area contributed by atoms with Crippen LogP contribution in [-0.2, 0) is 14.3 Å². The van der Waals surface area contributed by atoms with Gasteiger partial charge in [0.05, 0.1) is 25.8 Å². The van der Waals surface area contributed by atoms with Crippen LogP contribution in [0, 0.1) is 5.41 Å². The molecule has 0 bridgehead atoms. The summed E-state index contributed by atoms with van der Waals surface area (Å²) in [5, 5.41) is 14.0. The van der Waals surface area contributed by atoms with E-state index in [-0.39, 0.29) is 25.7 Å². The zero-order valence-electron chi connectivity index (χ0n) is 11.2. The fraction of sp³-hybridized carbons (Fsp3) is 0.727. The second kappa shape index (κ2) is 5.87. The average Bonchev–Trinajstić information content (AvgIpc) is 2.69. The van der Waals surface area contributed by atoms with Crippen LogP contribution >= 0.6 is 0 Å². The lowest BCUT2D eigenvalue weighted by Gasteiger charge is -2.25. The molecule has 0 aromatic rings. The fourth-order valence-electron chi connectivity index (χ4n) is 1.61. The van der Waals surface area contributed by atoms with Gasteiger partial charge >= 0.3 is 12.0 Å². The van der Waals surface area contributed by atoms with Gasteiger partial charge in [-0.15, -0.1) is 0 Å². The number of rotatable bonds is 4. The molecular weight excluding hydrogens is 254 g/mol. The molecule has 3 N–H and O–H groups in total. The Hall–Kier alpha value is -1.83. The number of likely N-dealkylation sites (N-methyl/N-ethyl adjacent to an activating group) is 1. The highest BCUT2D eigenvalue weighted by Gasteiger charge is 2.47. The maximum atomic E-state index is 11.6. The summed E-state index contributed by atoms with van der Waals surface area (Å²) in [6.07, 6.45) is 0. The predicted octanol–water partition coefficient (Wildman–Crippen LogP) is -1.14. The number of nitrogens with zero attached hydrogens (tertiary/aromatic N) is 1. The summed E-state index contributed by atoms with van der Waals surface area (Å²) in [6.45, 7) is 1.55. The van der Waals surface area contributed by atoms with Gasteiger partial charge in [0.1, 0.15) is 5.41 Å². The number of urea groups is 1. The van der Waals surface area contributed by atoms with Gasteiger partial charge in [0.2, 0.25) is 5.91 Å². The van der Waals surface area contributed by atoms with Crippen LogP contribution in [0.4, 0.5) is 4.79 Å². The third kappa shape index (κ3) is 3.57. The van der Waals surface area contributed by atoms with Crippen molar-refractivity contribution in [3.8, 4) is 0 Å². The number of carboxylic acids is 1. The molecule has 0 radical (unpaired) electrons. The molecule has 8 nitrogen and oxygen atoms in total. The molecule has 0 saturated carbocycles. The molecule has 1 heterocycles. The van der Waals surface area contributed by atoms with Crippen LogP contribution in [-0.4, -0.2) is 67.8 Å². The van der Waals surface area contributed by atoms with Crippen LogP contribution in [0.5, 0.6) is 0 Å². The van der Waals surface area contributed by atoms with Gasteiger partial charge in [-0.05, 0) is 6.92 Å². The standard InChI is InChI=1S/C11H19N3O5/c1-11(9(16)17)6-19-5-7(11)13-10(18)12-4-8(15)14(2)3/h7H,4-6H2,1-3H3,(H,16,17)(H2,12,13,18). The van der Waals surface area contributed by atoms with Crippen molar-refractivity contribution in [2.75, 3.05) is 33.9 Å². The van der Waals surface area contributed by atoms with Crippen LogP contribution in [0.1, 0.15) is 6.92 Å². The minimum Gasteiger partial charge on any atom is -0.481 e. The van der Waals surface area contributed by atoms with E-state index in [1.54, 1.807) is 14.1 Å². The number of hydrogen-bond acceptors (Lipinski definition) is 4. The van der Waals surface area contributed by atoms with Gasteiger partial charge in [0, 0.05) is 14.1 Å². The Morgan fingerprint density at radius 1 is 1.42 bits per heavy atom. The Kier molecular flexibility index (Phi) is 4.71. The van der Waals surface area contributed by atoms with E-state index in [4.69, 9.17) is 9.84 Å². The molecule has 8 heteroatoms. The molecule has 2 unspecified atom stereocenters. The first-order chi connectivity index (χ1) is 8.77. The van der Waals surface area contributed by atoms with Gasteiger partial charge in [-0.1, -0.05) is 0 Å². The minimum absolute atomic E-state index is 0.0455. The summed E-state index contributed by atoms with van der Waals surface area (Å²) in [6, 6.07) is -1.21. The largest absolute Gasteiger partial charge is 0.481 e. The van der Waals surface area contributed by atoms with Crippen molar-refractivity contribution in [3.05, 3.63) is 0 Å². The molecule has 1 saturated heterocycles. The van der Waals surface area contributed by atoms with Gasteiger partial charge in [-0.3, -0.25) is 9.59 Å². The van der Waals surface area contributed by atoms with Gasteiger partial charge in [0.25, 0.3) is 0 Å². The Morgan fingerprint density at radius 2 is 2.05 bits per heavy atom. The number of hydrogen-bond donors (Lipinski definition) is 3. The lowest BCUT2D eigenvalue weighted by molar-refractivity contribution is -0.148. The van der Waals surface area contributed by atoms with Gasteiger partial charge in [0.15, 0.2) is 0 Å². The first-order valence-electron chi connectivity index (χ1n) is 5.83. The SMILES string of the molecule is CN(C)C(=O)CNC(=O)NC1COCC1(C)C(=O)O. The topological polar surface area (TPSA) is 108 Å². The van der Waals surface area contributed by atoms with Gasteiger partial charge in [-0.2, -0.15) is 0 Å². The van der Waals surface area contributed by atoms with Crippen molar-refractivity contribution in [3.63, 3.8) is 0 Å². The van der Waals surface area contributed by atoms with Crippen molar-refractivity contribution in [1.29, 1.82) is 0 Å². The van der Waals surface area contributed by atoms with E-state index in [9.17, 15) is 14.4 Å². The Balaban J connectivity index is 2.48. The fourth-order valence-corrected chi connectivity index (χ4v) is 1.61. The predicted molar refractivity (Wildman–Crippen MR) is 65.6 cm³/mol. The van der Waals surface area contributed by atoms with Crippen molar-refractivity contribution in [1.82, 2.24) is 15.5 Å². The number of carbonyl (C=O) groups excluding carboxylic acids is 2. The zero-order chi connectivity index (χ0) is 14.6. The van der Waals surface area contributed by atoms with E-state index >= 15 is 0 Å².